The van der Waals surface area contributed by atoms with Crippen LogP contribution in [-0.2, 0) is 4.79 Å². The molecule has 1 aliphatic heterocycles. The van der Waals surface area contributed by atoms with Gasteiger partial charge < -0.3 is 10.3 Å². The molecule has 24 heavy (non-hydrogen) atoms. The summed E-state index contributed by atoms with van der Waals surface area (Å²) in [5.41, 5.74) is -0.0745. The van der Waals surface area contributed by atoms with Crippen molar-refractivity contribution in [3.05, 3.63) is 63.2 Å². The standard InChI is InChI=1S/C16H13ClFN3O2S/c1-2-6-24-16-20-14-13(15(23)21-16)8(7-11(22)19-14)12-9(17)4-3-5-10(12)18/h2-5,8H,1,6-7H2,(H2,19,20,21,22,23)/t8-/m1/s1. The number of fused-ring (bicyclic) bond motifs is 1. The first kappa shape index (κ1) is 16.7. The van der Waals surface area contributed by atoms with E-state index in [9.17, 15) is 14.0 Å². The fourth-order valence-electron chi connectivity index (χ4n) is 2.65. The number of hydrogen-bond acceptors (Lipinski definition) is 4. The molecule has 3 rings (SSSR count). The quantitative estimate of drug-likeness (QED) is 0.495. The van der Waals surface area contributed by atoms with Crippen LogP contribution in [0.25, 0.3) is 0 Å². The van der Waals surface area contributed by atoms with Crippen molar-refractivity contribution in [2.24, 2.45) is 0 Å². The van der Waals surface area contributed by atoms with Crippen LogP contribution in [0.1, 0.15) is 23.5 Å². The zero-order valence-electron chi connectivity index (χ0n) is 12.4. The fourth-order valence-corrected chi connectivity index (χ4v) is 3.54. The van der Waals surface area contributed by atoms with Crippen LogP contribution in [0.4, 0.5) is 10.2 Å². The zero-order valence-corrected chi connectivity index (χ0v) is 14.0. The smallest absolute Gasteiger partial charge is 0.257 e. The molecule has 0 radical (unpaired) electrons. The summed E-state index contributed by atoms with van der Waals surface area (Å²) in [5, 5.41) is 3.11. The minimum Gasteiger partial charge on any atom is -0.310 e. The van der Waals surface area contributed by atoms with E-state index in [2.05, 4.69) is 21.9 Å². The lowest BCUT2D eigenvalue weighted by atomic mass is 9.86. The normalized spacial score (nSPS) is 16.4. The van der Waals surface area contributed by atoms with Crippen molar-refractivity contribution in [1.82, 2.24) is 9.97 Å². The fraction of sp³-hybridized carbons (Fsp3) is 0.188. The number of aromatic nitrogens is 2. The molecular formula is C16H13ClFN3O2S. The van der Waals surface area contributed by atoms with Crippen LogP contribution >= 0.6 is 23.4 Å². The Hall–Kier alpha value is -2.12. The summed E-state index contributed by atoms with van der Waals surface area (Å²) in [7, 11) is 0. The maximum absolute atomic E-state index is 14.3. The molecule has 0 spiro atoms. The molecule has 0 saturated carbocycles. The summed E-state index contributed by atoms with van der Waals surface area (Å²) < 4.78 is 14.3. The van der Waals surface area contributed by atoms with Gasteiger partial charge in [0.25, 0.3) is 5.56 Å². The molecule has 5 nitrogen and oxygen atoms in total. The lowest BCUT2D eigenvalue weighted by molar-refractivity contribution is -0.116. The molecule has 1 atom stereocenters. The van der Waals surface area contributed by atoms with E-state index in [1.807, 2.05) is 0 Å². The summed E-state index contributed by atoms with van der Waals surface area (Å²) in [6.45, 7) is 3.60. The summed E-state index contributed by atoms with van der Waals surface area (Å²) >= 11 is 7.39. The van der Waals surface area contributed by atoms with Gasteiger partial charge in [0.15, 0.2) is 5.16 Å². The Bertz CT molecular complexity index is 864. The van der Waals surface area contributed by atoms with Crippen LogP contribution in [-0.4, -0.2) is 21.6 Å². The van der Waals surface area contributed by atoms with Crippen molar-refractivity contribution in [3.63, 3.8) is 0 Å². The van der Waals surface area contributed by atoms with Crippen LogP contribution in [0.3, 0.4) is 0 Å². The number of aromatic amines is 1. The molecule has 1 amide bonds. The Kier molecular flexibility index (Phi) is 4.73. The molecule has 8 heteroatoms. The number of nitrogens with zero attached hydrogens (tertiary/aromatic N) is 1. The summed E-state index contributed by atoms with van der Waals surface area (Å²) in [6.07, 6.45) is 1.60. The van der Waals surface area contributed by atoms with Crippen molar-refractivity contribution >= 4 is 35.1 Å². The van der Waals surface area contributed by atoms with Crippen molar-refractivity contribution in [1.29, 1.82) is 0 Å². The van der Waals surface area contributed by atoms with Gasteiger partial charge in [-0.1, -0.05) is 35.5 Å². The minimum atomic E-state index is -0.780. The third kappa shape index (κ3) is 3.09. The highest BCUT2D eigenvalue weighted by molar-refractivity contribution is 7.99. The van der Waals surface area contributed by atoms with Crippen LogP contribution < -0.4 is 10.9 Å². The summed E-state index contributed by atoms with van der Waals surface area (Å²) in [5.74, 6) is -0.983. The number of benzene rings is 1. The van der Waals surface area contributed by atoms with E-state index >= 15 is 0 Å². The van der Waals surface area contributed by atoms with E-state index < -0.39 is 17.3 Å². The first-order valence-electron chi connectivity index (χ1n) is 7.13. The number of halogens is 2. The molecule has 2 N–H and O–H groups in total. The average molecular weight is 366 g/mol. The monoisotopic (exact) mass is 365 g/mol. The molecule has 2 heterocycles. The maximum atomic E-state index is 14.3. The highest BCUT2D eigenvalue weighted by Gasteiger charge is 2.33. The topological polar surface area (TPSA) is 74.8 Å². The molecule has 0 fully saturated rings. The van der Waals surface area contributed by atoms with E-state index in [0.717, 1.165) is 0 Å². The van der Waals surface area contributed by atoms with Gasteiger partial charge in [-0.15, -0.1) is 6.58 Å². The van der Waals surface area contributed by atoms with Gasteiger partial charge in [0.1, 0.15) is 11.6 Å². The Labute approximate surface area is 146 Å². The van der Waals surface area contributed by atoms with Crippen LogP contribution in [0.5, 0.6) is 0 Å². The van der Waals surface area contributed by atoms with Gasteiger partial charge >= 0.3 is 0 Å². The molecule has 0 aliphatic carbocycles. The summed E-state index contributed by atoms with van der Waals surface area (Å²) in [4.78, 5) is 31.4. The zero-order chi connectivity index (χ0) is 17.3. The minimum absolute atomic E-state index is 0.0719. The van der Waals surface area contributed by atoms with Crippen LogP contribution in [0.15, 0.2) is 40.8 Å². The molecule has 124 valence electrons. The van der Waals surface area contributed by atoms with E-state index in [0.29, 0.717) is 10.9 Å². The molecule has 1 aliphatic rings. The van der Waals surface area contributed by atoms with Crippen molar-refractivity contribution in [2.75, 3.05) is 11.1 Å². The van der Waals surface area contributed by atoms with E-state index in [1.54, 1.807) is 6.08 Å². The SMILES string of the molecule is C=CCSc1nc2c(c(=O)[nH]1)[C@@H](c1c(F)cccc1Cl)CC(=O)N2. The van der Waals surface area contributed by atoms with Gasteiger partial charge in [0.05, 0.1) is 5.56 Å². The maximum Gasteiger partial charge on any atom is 0.257 e. The van der Waals surface area contributed by atoms with Gasteiger partial charge in [0.2, 0.25) is 5.91 Å². The second-order valence-electron chi connectivity index (χ2n) is 5.17. The van der Waals surface area contributed by atoms with Crippen molar-refractivity contribution < 1.29 is 9.18 Å². The number of hydrogen-bond donors (Lipinski definition) is 2. The number of H-pyrrole nitrogens is 1. The first-order chi connectivity index (χ1) is 11.5. The predicted octanol–water partition coefficient (Wildman–Crippen LogP) is 3.31. The third-order valence-corrected chi connectivity index (χ3v) is 4.81. The van der Waals surface area contributed by atoms with Crippen LogP contribution in [0.2, 0.25) is 5.02 Å². The number of carbonyl (C=O) groups is 1. The van der Waals surface area contributed by atoms with Gasteiger partial charge in [-0.25, -0.2) is 9.37 Å². The van der Waals surface area contributed by atoms with E-state index in [-0.39, 0.29) is 34.3 Å². The molecule has 1 aromatic carbocycles. The lowest BCUT2D eigenvalue weighted by Gasteiger charge is -2.25. The number of nitrogens with one attached hydrogen (secondary N) is 2. The Morgan fingerprint density at radius 2 is 2.21 bits per heavy atom. The number of thioether (sulfide) groups is 1. The number of anilines is 1. The Balaban J connectivity index is 2.15. The second kappa shape index (κ2) is 6.78. The van der Waals surface area contributed by atoms with E-state index in [4.69, 9.17) is 11.6 Å². The highest BCUT2D eigenvalue weighted by Crippen LogP contribution is 2.38. The summed E-state index contributed by atoms with van der Waals surface area (Å²) in [6, 6.07) is 4.26. The van der Waals surface area contributed by atoms with Gasteiger partial charge in [-0.2, -0.15) is 0 Å². The first-order valence-corrected chi connectivity index (χ1v) is 8.49. The van der Waals surface area contributed by atoms with Crippen molar-refractivity contribution in [3.8, 4) is 0 Å². The van der Waals surface area contributed by atoms with Crippen LogP contribution in [0, 0.1) is 5.82 Å². The number of carbonyl (C=O) groups excluding carboxylic acids is 1. The largest absolute Gasteiger partial charge is 0.310 e. The molecule has 2 aromatic rings. The molecular weight excluding hydrogens is 353 g/mol. The molecule has 1 aromatic heterocycles. The molecule has 0 unspecified atom stereocenters. The second-order valence-corrected chi connectivity index (χ2v) is 6.59. The lowest BCUT2D eigenvalue weighted by Crippen LogP contribution is -2.31. The predicted molar refractivity (Wildman–Crippen MR) is 92.3 cm³/mol. The highest BCUT2D eigenvalue weighted by atomic mass is 35.5. The number of amides is 1. The van der Waals surface area contributed by atoms with Crippen molar-refractivity contribution in [2.45, 2.75) is 17.5 Å². The van der Waals surface area contributed by atoms with Gasteiger partial charge in [-0.05, 0) is 12.1 Å². The van der Waals surface area contributed by atoms with E-state index in [1.165, 1.54) is 30.0 Å². The average Bonchev–Trinajstić information content (AvgIpc) is 2.52. The van der Waals surface area contributed by atoms with Gasteiger partial charge in [0, 0.05) is 28.7 Å². The van der Waals surface area contributed by atoms with Gasteiger partial charge in [-0.3, -0.25) is 9.59 Å². The molecule has 0 saturated heterocycles. The Morgan fingerprint density at radius 3 is 2.92 bits per heavy atom. The third-order valence-electron chi connectivity index (χ3n) is 3.62. The number of rotatable bonds is 4. The Morgan fingerprint density at radius 1 is 1.42 bits per heavy atom. The molecule has 0 bridgehead atoms.